The molecule has 2 heterocycles. The van der Waals surface area contributed by atoms with E-state index in [-0.39, 0.29) is 17.3 Å². The topological polar surface area (TPSA) is 138 Å². The van der Waals surface area contributed by atoms with Crippen LogP contribution in [0.5, 0.6) is 0 Å². The number of non-ortho nitro benzene ring substituents is 1. The maximum Gasteiger partial charge on any atom is 0.289 e. The van der Waals surface area contributed by atoms with Crippen molar-refractivity contribution in [3.05, 3.63) is 62.8 Å². The van der Waals surface area contributed by atoms with Gasteiger partial charge in [-0.05, 0) is 18.2 Å². The lowest BCUT2D eigenvalue weighted by Crippen LogP contribution is -1.95. The van der Waals surface area contributed by atoms with Crippen molar-refractivity contribution in [1.82, 2.24) is 15.1 Å². The van der Waals surface area contributed by atoms with Gasteiger partial charge in [-0.15, -0.1) is 0 Å². The first kappa shape index (κ1) is 14.3. The molecule has 0 N–H and O–H groups in total. The number of nitrogens with zero attached hydrogens (tertiary/aromatic N) is 5. The van der Waals surface area contributed by atoms with Crippen LogP contribution in [0.1, 0.15) is 0 Å². The third-order valence-corrected chi connectivity index (χ3v) is 2.94. The molecule has 0 unspecified atom stereocenters. The molecule has 0 spiro atoms. The zero-order valence-corrected chi connectivity index (χ0v) is 11.3. The van der Waals surface area contributed by atoms with E-state index in [1.165, 1.54) is 6.07 Å². The van der Waals surface area contributed by atoms with Crippen molar-refractivity contribution in [2.75, 3.05) is 0 Å². The van der Waals surface area contributed by atoms with E-state index < -0.39 is 21.2 Å². The highest BCUT2D eigenvalue weighted by molar-refractivity contribution is 5.70. The van der Waals surface area contributed by atoms with Crippen molar-refractivity contribution in [2.45, 2.75) is 0 Å². The first-order chi connectivity index (χ1) is 11.1. The first-order valence-corrected chi connectivity index (χ1v) is 6.24. The third kappa shape index (κ3) is 2.72. The van der Waals surface area contributed by atoms with Crippen LogP contribution in [0.15, 0.2) is 47.1 Å². The van der Waals surface area contributed by atoms with E-state index in [0.717, 1.165) is 12.1 Å². The molecular weight excluding hydrogens is 306 g/mol. The van der Waals surface area contributed by atoms with Gasteiger partial charge >= 0.3 is 0 Å². The van der Waals surface area contributed by atoms with Crippen LogP contribution in [0, 0.1) is 20.2 Å². The van der Waals surface area contributed by atoms with E-state index in [1.807, 2.05) is 0 Å². The molecule has 2 aromatic heterocycles. The summed E-state index contributed by atoms with van der Waals surface area (Å²) in [5.41, 5.74) is -0.456. The van der Waals surface area contributed by atoms with Crippen LogP contribution >= 0.6 is 0 Å². The minimum absolute atomic E-state index is 0.00437. The van der Waals surface area contributed by atoms with Crippen molar-refractivity contribution in [3.63, 3.8) is 0 Å². The summed E-state index contributed by atoms with van der Waals surface area (Å²) in [5.74, 6) is 0.0421. The standard InChI is InChI=1S/C13H7N5O5/c19-17(20)8-4-5-9(11(7-8)18(21)22)13-15-12(16-23-13)10-3-1-2-6-14-10/h1-7H. The highest BCUT2D eigenvalue weighted by Crippen LogP contribution is 2.32. The molecule has 0 saturated carbocycles. The Morgan fingerprint density at radius 2 is 1.87 bits per heavy atom. The summed E-state index contributed by atoms with van der Waals surface area (Å²) in [6.45, 7) is 0. The summed E-state index contributed by atoms with van der Waals surface area (Å²) >= 11 is 0. The average Bonchev–Trinajstić information content (AvgIpc) is 3.04. The molecule has 10 nitrogen and oxygen atoms in total. The fraction of sp³-hybridized carbons (Fsp3) is 0. The van der Waals surface area contributed by atoms with Crippen LogP contribution in [0.2, 0.25) is 0 Å². The molecule has 0 aliphatic heterocycles. The van der Waals surface area contributed by atoms with E-state index in [0.29, 0.717) is 5.69 Å². The zero-order chi connectivity index (χ0) is 16.4. The Morgan fingerprint density at radius 1 is 1.04 bits per heavy atom. The Balaban J connectivity index is 2.07. The van der Waals surface area contributed by atoms with Crippen molar-refractivity contribution in [1.29, 1.82) is 0 Å². The number of nitro benzene ring substituents is 2. The summed E-state index contributed by atoms with van der Waals surface area (Å²) in [6, 6.07) is 8.27. The Kier molecular flexibility index (Phi) is 3.47. The third-order valence-electron chi connectivity index (χ3n) is 2.94. The number of nitro groups is 2. The summed E-state index contributed by atoms with van der Waals surface area (Å²) < 4.78 is 5.02. The predicted octanol–water partition coefficient (Wildman–Crippen LogP) is 2.62. The van der Waals surface area contributed by atoms with Crippen molar-refractivity contribution < 1.29 is 14.4 Å². The van der Waals surface area contributed by atoms with Crippen LogP contribution in [0.25, 0.3) is 23.0 Å². The van der Waals surface area contributed by atoms with Gasteiger partial charge < -0.3 is 4.52 Å². The quantitative estimate of drug-likeness (QED) is 0.529. The van der Waals surface area contributed by atoms with Crippen LogP contribution in [-0.2, 0) is 0 Å². The Hall–Kier alpha value is -3.69. The maximum absolute atomic E-state index is 11.1. The lowest BCUT2D eigenvalue weighted by atomic mass is 10.1. The van der Waals surface area contributed by atoms with E-state index in [4.69, 9.17) is 4.52 Å². The largest absolute Gasteiger partial charge is 0.333 e. The number of hydrogen-bond donors (Lipinski definition) is 0. The van der Waals surface area contributed by atoms with Gasteiger partial charge in [0.2, 0.25) is 5.82 Å². The molecular formula is C13H7N5O5. The lowest BCUT2D eigenvalue weighted by molar-refractivity contribution is -0.393. The van der Waals surface area contributed by atoms with Gasteiger partial charge in [-0.1, -0.05) is 11.2 Å². The summed E-state index contributed by atoms with van der Waals surface area (Å²) in [4.78, 5) is 28.5. The van der Waals surface area contributed by atoms with Crippen LogP contribution < -0.4 is 0 Å². The van der Waals surface area contributed by atoms with Crippen molar-refractivity contribution in [2.24, 2.45) is 0 Å². The molecule has 0 atom stereocenters. The van der Waals surface area contributed by atoms with Gasteiger partial charge in [-0.25, -0.2) is 0 Å². The van der Waals surface area contributed by atoms with E-state index in [2.05, 4.69) is 15.1 Å². The summed E-state index contributed by atoms with van der Waals surface area (Å²) in [6.07, 6.45) is 1.54. The Morgan fingerprint density at radius 3 is 2.52 bits per heavy atom. The Bertz CT molecular complexity index is 893. The highest BCUT2D eigenvalue weighted by Gasteiger charge is 2.24. The van der Waals surface area contributed by atoms with Gasteiger partial charge in [-0.2, -0.15) is 4.98 Å². The molecule has 1 aromatic carbocycles. The van der Waals surface area contributed by atoms with Crippen molar-refractivity contribution >= 4 is 11.4 Å². The minimum atomic E-state index is -0.743. The Labute approximate surface area is 127 Å². The fourth-order valence-electron chi connectivity index (χ4n) is 1.90. The van der Waals surface area contributed by atoms with E-state index >= 15 is 0 Å². The summed E-state index contributed by atoms with van der Waals surface area (Å²) in [5, 5.41) is 25.6. The number of pyridine rings is 1. The molecule has 0 amide bonds. The van der Waals surface area contributed by atoms with Gasteiger partial charge in [-0.3, -0.25) is 25.2 Å². The first-order valence-electron chi connectivity index (χ1n) is 6.24. The monoisotopic (exact) mass is 313 g/mol. The maximum atomic E-state index is 11.1. The van der Waals surface area contributed by atoms with Gasteiger partial charge in [0, 0.05) is 12.3 Å². The second kappa shape index (κ2) is 5.60. The highest BCUT2D eigenvalue weighted by atomic mass is 16.6. The second-order valence-electron chi connectivity index (χ2n) is 4.35. The van der Waals surface area contributed by atoms with Crippen LogP contribution in [0.3, 0.4) is 0 Å². The van der Waals surface area contributed by atoms with E-state index in [9.17, 15) is 20.2 Å². The van der Waals surface area contributed by atoms with Gasteiger partial charge in [0.15, 0.2) is 0 Å². The molecule has 3 rings (SSSR count). The smallest absolute Gasteiger partial charge is 0.289 e. The lowest BCUT2D eigenvalue weighted by Gasteiger charge is -1.97. The molecule has 0 fully saturated rings. The second-order valence-corrected chi connectivity index (χ2v) is 4.35. The predicted molar refractivity (Wildman–Crippen MR) is 76.3 cm³/mol. The number of benzene rings is 1. The molecule has 0 aliphatic carbocycles. The van der Waals surface area contributed by atoms with Gasteiger partial charge in [0.25, 0.3) is 17.3 Å². The molecule has 0 bridgehead atoms. The minimum Gasteiger partial charge on any atom is -0.333 e. The fourth-order valence-corrected chi connectivity index (χ4v) is 1.90. The molecule has 3 aromatic rings. The van der Waals surface area contributed by atoms with E-state index in [1.54, 1.807) is 24.4 Å². The van der Waals surface area contributed by atoms with Crippen LogP contribution in [0.4, 0.5) is 11.4 Å². The number of rotatable bonds is 4. The molecule has 23 heavy (non-hydrogen) atoms. The number of aromatic nitrogens is 3. The average molecular weight is 313 g/mol. The van der Waals surface area contributed by atoms with Crippen LogP contribution in [-0.4, -0.2) is 25.0 Å². The molecule has 114 valence electrons. The molecule has 10 heteroatoms. The number of hydrogen-bond acceptors (Lipinski definition) is 8. The molecule has 0 saturated heterocycles. The normalized spacial score (nSPS) is 10.4. The summed E-state index contributed by atoms with van der Waals surface area (Å²) in [7, 11) is 0. The zero-order valence-electron chi connectivity index (χ0n) is 11.3. The van der Waals surface area contributed by atoms with Gasteiger partial charge in [0.1, 0.15) is 11.3 Å². The molecule has 0 aliphatic rings. The SMILES string of the molecule is O=[N+]([O-])c1ccc(-c2nc(-c3ccccn3)no2)c([N+](=O)[O-])c1. The van der Waals surface area contributed by atoms with Gasteiger partial charge in [0.05, 0.1) is 15.9 Å². The van der Waals surface area contributed by atoms with Crippen molar-refractivity contribution in [3.8, 4) is 23.0 Å². The molecule has 0 radical (unpaired) electrons.